The third-order valence-corrected chi connectivity index (χ3v) is 4.97. The van der Waals surface area contributed by atoms with E-state index in [1.165, 1.54) is 36.1 Å². The van der Waals surface area contributed by atoms with E-state index in [4.69, 9.17) is 4.74 Å². The van der Waals surface area contributed by atoms with Crippen LogP contribution in [0.25, 0.3) is 10.9 Å². The Morgan fingerprint density at radius 2 is 2.12 bits per heavy atom. The minimum Gasteiger partial charge on any atom is -0.491 e. The highest BCUT2D eigenvalue weighted by Crippen LogP contribution is 2.33. The number of carbonyl (C=O) groups excluding carboxylic acids is 1. The van der Waals surface area contributed by atoms with Crippen molar-refractivity contribution in [3.05, 3.63) is 48.5 Å². The largest absolute Gasteiger partial charge is 0.491 e. The Hall–Kier alpha value is -3.09. The number of urea groups is 1. The van der Waals surface area contributed by atoms with Crippen LogP contribution in [-0.4, -0.2) is 46.1 Å². The molecule has 2 N–H and O–H groups in total. The second kappa shape index (κ2) is 7.03. The van der Waals surface area contributed by atoms with Crippen molar-refractivity contribution in [1.29, 1.82) is 0 Å². The lowest BCUT2D eigenvalue weighted by Gasteiger charge is -2.32. The fraction of sp³-hybridized carbons (Fsp3) is 0.316. The number of rotatable bonds is 3. The Bertz CT molecular complexity index is 915. The zero-order valence-corrected chi connectivity index (χ0v) is 14.6. The molecule has 0 radical (unpaired) electrons. The highest BCUT2D eigenvalue weighted by Gasteiger charge is 2.26. The second-order valence-corrected chi connectivity index (χ2v) is 6.42. The van der Waals surface area contributed by atoms with Gasteiger partial charge in [0.05, 0.1) is 13.3 Å². The molecule has 0 atom stereocenters. The van der Waals surface area contributed by atoms with E-state index in [1.54, 1.807) is 0 Å². The molecule has 0 saturated carbocycles. The minimum atomic E-state index is -0.153. The predicted octanol–water partition coefficient (Wildman–Crippen LogP) is 3.38. The van der Waals surface area contributed by atoms with Crippen LogP contribution in [0, 0.1) is 0 Å². The summed E-state index contributed by atoms with van der Waals surface area (Å²) in [5.74, 6) is 1.31. The average molecular weight is 351 g/mol. The first-order valence-corrected chi connectivity index (χ1v) is 8.72. The number of fused-ring (bicyclic) bond motifs is 1. The SMILES string of the molecule is COc1cncnc1NC(=O)N1CCC(c2c[nH]c3ccccc23)CC1. The van der Waals surface area contributed by atoms with Crippen LogP contribution in [0.4, 0.5) is 10.6 Å². The van der Waals surface area contributed by atoms with Gasteiger partial charge in [0.2, 0.25) is 0 Å². The van der Waals surface area contributed by atoms with E-state index < -0.39 is 0 Å². The van der Waals surface area contributed by atoms with Gasteiger partial charge in [-0.05, 0) is 30.4 Å². The Morgan fingerprint density at radius 3 is 2.92 bits per heavy atom. The third kappa shape index (κ3) is 3.08. The number of likely N-dealkylation sites (tertiary alicyclic amines) is 1. The van der Waals surface area contributed by atoms with Crippen molar-refractivity contribution in [2.45, 2.75) is 18.8 Å². The van der Waals surface area contributed by atoms with Crippen molar-refractivity contribution in [1.82, 2.24) is 19.9 Å². The Kier molecular flexibility index (Phi) is 4.43. The number of nitrogens with one attached hydrogen (secondary N) is 2. The molecule has 3 aromatic rings. The molecule has 0 unspecified atom stereocenters. The number of piperidine rings is 1. The molecule has 1 fully saturated rings. The number of carbonyl (C=O) groups is 1. The van der Waals surface area contributed by atoms with Crippen LogP contribution < -0.4 is 10.1 Å². The lowest BCUT2D eigenvalue weighted by Crippen LogP contribution is -2.40. The van der Waals surface area contributed by atoms with E-state index in [0.29, 0.717) is 30.6 Å². The maximum atomic E-state index is 12.5. The molecule has 7 heteroatoms. The summed E-state index contributed by atoms with van der Waals surface area (Å²) in [4.78, 5) is 25.7. The number of amides is 2. The molecule has 134 valence electrons. The van der Waals surface area contributed by atoms with Crippen molar-refractivity contribution < 1.29 is 9.53 Å². The van der Waals surface area contributed by atoms with E-state index in [0.717, 1.165) is 12.8 Å². The van der Waals surface area contributed by atoms with E-state index in [1.807, 2.05) is 11.0 Å². The molecule has 1 aliphatic heterocycles. The molecule has 0 bridgehead atoms. The standard InChI is InChI=1S/C19H21N5O2/c1-26-17-11-20-12-22-18(17)23-19(25)24-8-6-13(7-9-24)15-10-21-16-5-3-2-4-14(15)16/h2-5,10-13,21H,6-9H2,1H3,(H,20,22,23,25). The van der Waals surface area contributed by atoms with E-state index >= 15 is 0 Å². The van der Waals surface area contributed by atoms with Gasteiger partial charge in [-0.1, -0.05) is 18.2 Å². The lowest BCUT2D eigenvalue weighted by atomic mass is 9.89. The molecule has 0 aliphatic carbocycles. The third-order valence-electron chi connectivity index (χ3n) is 4.97. The summed E-state index contributed by atoms with van der Waals surface area (Å²) in [5.41, 5.74) is 2.51. The molecule has 2 amide bonds. The molecular weight excluding hydrogens is 330 g/mol. The molecule has 1 aliphatic rings. The second-order valence-electron chi connectivity index (χ2n) is 6.42. The molecular formula is C19H21N5O2. The topological polar surface area (TPSA) is 83.1 Å². The first-order chi connectivity index (χ1) is 12.8. The van der Waals surface area contributed by atoms with E-state index in [2.05, 4.69) is 44.7 Å². The molecule has 7 nitrogen and oxygen atoms in total. The summed E-state index contributed by atoms with van der Waals surface area (Å²) in [6.07, 6.45) is 6.91. The normalized spacial score (nSPS) is 15.2. The summed E-state index contributed by atoms with van der Waals surface area (Å²) >= 11 is 0. The number of H-pyrrole nitrogens is 1. The Balaban J connectivity index is 1.41. The number of ether oxygens (including phenoxy) is 1. The van der Waals surface area contributed by atoms with Gasteiger partial charge in [0.15, 0.2) is 11.6 Å². The van der Waals surface area contributed by atoms with Crippen molar-refractivity contribution in [2.75, 3.05) is 25.5 Å². The van der Waals surface area contributed by atoms with Gasteiger partial charge in [-0.2, -0.15) is 0 Å². The number of benzene rings is 1. The quantitative estimate of drug-likeness (QED) is 0.758. The van der Waals surface area contributed by atoms with Crippen LogP contribution in [0.2, 0.25) is 0 Å². The zero-order valence-electron chi connectivity index (χ0n) is 14.6. The molecule has 0 spiro atoms. The van der Waals surface area contributed by atoms with Gasteiger partial charge < -0.3 is 14.6 Å². The number of aromatic amines is 1. The Labute approximate surface area is 151 Å². The maximum absolute atomic E-state index is 12.5. The molecule has 1 saturated heterocycles. The van der Waals surface area contributed by atoms with Crippen molar-refractivity contribution >= 4 is 22.8 Å². The number of anilines is 1. The van der Waals surface area contributed by atoms with Crippen molar-refractivity contribution in [2.24, 2.45) is 0 Å². The molecule has 26 heavy (non-hydrogen) atoms. The molecule has 4 rings (SSSR count). The fourth-order valence-electron chi connectivity index (χ4n) is 3.57. The summed E-state index contributed by atoms with van der Waals surface area (Å²) < 4.78 is 5.18. The van der Waals surface area contributed by atoms with Gasteiger partial charge >= 0.3 is 6.03 Å². The average Bonchev–Trinajstić information content (AvgIpc) is 3.12. The van der Waals surface area contributed by atoms with E-state index in [9.17, 15) is 4.79 Å². The van der Waals surface area contributed by atoms with E-state index in [-0.39, 0.29) is 6.03 Å². The molecule has 2 aromatic heterocycles. The van der Waals surface area contributed by atoms with Gasteiger partial charge in [0, 0.05) is 30.2 Å². The molecule has 1 aromatic carbocycles. The number of aromatic nitrogens is 3. The summed E-state index contributed by atoms with van der Waals surface area (Å²) in [7, 11) is 1.53. The van der Waals surface area contributed by atoms with Crippen LogP contribution in [0.5, 0.6) is 5.75 Å². The number of para-hydroxylation sites is 1. The number of methoxy groups -OCH3 is 1. The van der Waals surface area contributed by atoms with Crippen LogP contribution in [0.1, 0.15) is 24.3 Å². The van der Waals surface area contributed by atoms with Crippen molar-refractivity contribution in [3.8, 4) is 5.75 Å². The predicted molar refractivity (Wildman–Crippen MR) is 99.4 cm³/mol. The summed E-state index contributed by atoms with van der Waals surface area (Å²) in [5, 5.41) is 4.09. The Morgan fingerprint density at radius 1 is 1.31 bits per heavy atom. The number of hydrogen-bond donors (Lipinski definition) is 2. The summed E-state index contributed by atoms with van der Waals surface area (Å²) in [6.45, 7) is 1.42. The van der Waals surface area contributed by atoms with Gasteiger partial charge in [0.1, 0.15) is 6.33 Å². The van der Waals surface area contributed by atoms with Crippen molar-refractivity contribution in [3.63, 3.8) is 0 Å². The van der Waals surface area contributed by atoms with Gasteiger partial charge in [-0.25, -0.2) is 14.8 Å². The lowest BCUT2D eigenvalue weighted by molar-refractivity contribution is 0.194. The first kappa shape index (κ1) is 16.4. The summed E-state index contributed by atoms with van der Waals surface area (Å²) in [6, 6.07) is 8.20. The van der Waals surface area contributed by atoms with Crippen LogP contribution in [-0.2, 0) is 0 Å². The van der Waals surface area contributed by atoms with Gasteiger partial charge in [-0.3, -0.25) is 5.32 Å². The molecule has 3 heterocycles. The maximum Gasteiger partial charge on any atom is 0.323 e. The number of nitrogens with zero attached hydrogens (tertiary/aromatic N) is 3. The van der Waals surface area contributed by atoms with Gasteiger partial charge in [-0.15, -0.1) is 0 Å². The fourth-order valence-corrected chi connectivity index (χ4v) is 3.57. The minimum absolute atomic E-state index is 0.153. The first-order valence-electron chi connectivity index (χ1n) is 8.72. The van der Waals surface area contributed by atoms with Crippen LogP contribution >= 0.6 is 0 Å². The smallest absolute Gasteiger partial charge is 0.323 e. The van der Waals surface area contributed by atoms with Crippen LogP contribution in [0.15, 0.2) is 43.0 Å². The van der Waals surface area contributed by atoms with Gasteiger partial charge in [0.25, 0.3) is 0 Å². The monoisotopic (exact) mass is 351 g/mol. The van der Waals surface area contributed by atoms with Crippen LogP contribution in [0.3, 0.4) is 0 Å². The highest BCUT2D eigenvalue weighted by atomic mass is 16.5. The zero-order chi connectivity index (χ0) is 17.9. The highest BCUT2D eigenvalue weighted by molar-refractivity contribution is 5.89. The number of hydrogen-bond acceptors (Lipinski definition) is 4.